The van der Waals surface area contributed by atoms with Crippen LogP contribution in [0.15, 0.2) is 36.0 Å². The van der Waals surface area contributed by atoms with Gasteiger partial charge in [-0.1, -0.05) is 17.7 Å². The van der Waals surface area contributed by atoms with Gasteiger partial charge >= 0.3 is 0 Å². The molecule has 2 rings (SSSR count). The minimum Gasteiger partial charge on any atom is -0.391 e. The van der Waals surface area contributed by atoms with Gasteiger partial charge in [0.15, 0.2) is 0 Å². The van der Waals surface area contributed by atoms with Gasteiger partial charge < -0.3 is 5.32 Å². The molecule has 1 aliphatic rings. The zero-order valence-corrected chi connectivity index (χ0v) is 9.37. The molecule has 0 atom stereocenters. The van der Waals surface area contributed by atoms with Crippen molar-refractivity contribution in [1.82, 2.24) is 5.32 Å². The van der Waals surface area contributed by atoms with Gasteiger partial charge in [0, 0.05) is 6.54 Å². The number of hydrogen-bond acceptors (Lipinski definition) is 2. The first kappa shape index (κ1) is 10.8. The van der Waals surface area contributed by atoms with Crippen LogP contribution in [0.2, 0.25) is 0 Å². The van der Waals surface area contributed by atoms with E-state index in [-0.39, 0.29) is 0 Å². The summed E-state index contributed by atoms with van der Waals surface area (Å²) in [5.74, 6) is 0. The van der Waals surface area contributed by atoms with E-state index in [0.717, 1.165) is 18.5 Å². The van der Waals surface area contributed by atoms with Crippen LogP contribution in [-0.2, 0) is 6.42 Å². The van der Waals surface area contributed by atoms with Crippen molar-refractivity contribution in [3.05, 3.63) is 47.2 Å². The Labute approximate surface area is 96.6 Å². The highest BCUT2D eigenvalue weighted by molar-refractivity contribution is 5.31. The zero-order valence-electron chi connectivity index (χ0n) is 9.37. The van der Waals surface area contributed by atoms with E-state index in [1.54, 1.807) is 5.57 Å². The second-order valence-electron chi connectivity index (χ2n) is 4.17. The molecule has 1 aliphatic carbocycles. The van der Waals surface area contributed by atoms with Gasteiger partial charge in [0.25, 0.3) is 0 Å². The fourth-order valence-electron chi connectivity index (χ4n) is 1.70. The smallest absolute Gasteiger partial charge is 0.0991 e. The van der Waals surface area contributed by atoms with Crippen molar-refractivity contribution in [1.29, 1.82) is 5.26 Å². The highest BCUT2D eigenvalue weighted by atomic mass is 14.8. The molecule has 1 aromatic rings. The maximum Gasteiger partial charge on any atom is 0.0991 e. The molecule has 0 saturated heterocycles. The van der Waals surface area contributed by atoms with Gasteiger partial charge in [-0.25, -0.2) is 0 Å². The predicted octanol–water partition coefficient (Wildman–Crippen LogP) is 2.76. The van der Waals surface area contributed by atoms with Crippen LogP contribution < -0.4 is 5.32 Å². The summed E-state index contributed by atoms with van der Waals surface area (Å²) in [6.45, 7) is 0.968. The fourth-order valence-corrected chi connectivity index (χ4v) is 1.70. The molecule has 82 valence electrons. The molecule has 1 saturated carbocycles. The second kappa shape index (κ2) is 5.37. The lowest BCUT2D eigenvalue weighted by Gasteiger charge is -2.16. The van der Waals surface area contributed by atoms with E-state index in [0.29, 0.717) is 0 Å². The predicted molar refractivity (Wildman–Crippen MR) is 64.8 cm³/mol. The molecule has 2 heteroatoms. The first-order valence-electron chi connectivity index (χ1n) is 5.79. The van der Waals surface area contributed by atoms with E-state index < -0.39 is 0 Å². The Morgan fingerprint density at radius 2 is 2.00 bits per heavy atom. The highest BCUT2D eigenvalue weighted by Gasteiger charge is 2.06. The number of nitrogens with one attached hydrogen (secondary N) is 1. The molecule has 0 aromatic heterocycles. The van der Waals surface area contributed by atoms with Crippen LogP contribution in [0.4, 0.5) is 0 Å². The van der Waals surface area contributed by atoms with E-state index >= 15 is 0 Å². The van der Waals surface area contributed by atoms with Crippen LogP contribution in [0.5, 0.6) is 0 Å². The number of rotatable bonds is 4. The third-order valence-corrected chi connectivity index (χ3v) is 2.94. The van der Waals surface area contributed by atoms with Crippen molar-refractivity contribution in [3.8, 4) is 6.07 Å². The minimum atomic E-state index is 0.730. The Kier molecular flexibility index (Phi) is 3.61. The van der Waals surface area contributed by atoms with Crippen molar-refractivity contribution in [3.63, 3.8) is 0 Å². The Balaban J connectivity index is 1.74. The Morgan fingerprint density at radius 3 is 2.56 bits per heavy atom. The largest absolute Gasteiger partial charge is 0.391 e. The molecule has 0 radical (unpaired) electrons. The summed E-state index contributed by atoms with van der Waals surface area (Å²) < 4.78 is 0. The number of nitriles is 1. The summed E-state index contributed by atoms with van der Waals surface area (Å²) in [6, 6.07) is 9.92. The Hall–Kier alpha value is -1.75. The monoisotopic (exact) mass is 212 g/mol. The van der Waals surface area contributed by atoms with Crippen molar-refractivity contribution in [2.24, 2.45) is 0 Å². The normalized spacial score (nSPS) is 13.8. The molecular weight excluding hydrogens is 196 g/mol. The molecule has 0 amide bonds. The maximum absolute atomic E-state index is 8.67. The van der Waals surface area contributed by atoms with Crippen LogP contribution in [-0.4, -0.2) is 6.54 Å². The average Bonchev–Trinajstić information content (AvgIpc) is 2.27. The van der Waals surface area contributed by atoms with Crippen molar-refractivity contribution < 1.29 is 0 Å². The molecule has 0 heterocycles. The average molecular weight is 212 g/mol. The van der Waals surface area contributed by atoms with E-state index in [2.05, 4.69) is 17.6 Å². The van der Waals surface area contributed by atoms with Crippen LogP contribution in [0.1, 0.15) is 30.4 Å². The van der Waals surface area contributed by atoms with Crippen molar-refractivity contribution in [2.45, 2.75) is 25.7 Å². The summed E-state index contributed by atoms with van der Waals surface area (Å²) in [6.07, 6.45) is 7.06. The second-order valence-corrected chi connectivity index (χ2v) is 4.17. The van der Waals surface area contributed by atoms with Crippen LogP contribution in [0.25, 0.3) is 0 Å². The molecule has 2 nitrogen and oxygen atoms in total. The van der Waals surface area contributed by atoms with Gasteiger partial charge in [-0.3, -0.25) is 0 Å². The lowest BCUT2D eigenvalue weighted by molar-refractivity contribution is 0.647. The lowest BCUT2D eigenvalue weighted by Crippen LogP contribution is -2.12. The minimum absolute atomic E-state index is 0.730. The molecule has 1 aromatic carbocycles. The maximum atomic E-state index is 8.67. The van der Waals surface area contributed by atoms with E-state index in [9.17, 15) is 0 Å². The molecule has 0 spiro atoms. The number of nitrogens with zero attached hydrogens (tertiary/aromatic N) is 1. The van der Waals surface area contributed by atoms with Gasteiger partial charge in [-0.05, 0) is 49.6 Å². The molecular formula is C14H16N2. The van der Waals surface area contributed by atoms with E-state index in [1.165, 1.54) is 24.8 Å². The third kappa shape index (κ3) is 2.87. The van der Waals surface area contributed by atoms with E-state index in [1.807, 2.05) is 24.3 Å². The third-order valence-electron chi connectivity index (χ3n) is 2.94. The quantitative estimate of drug-likeness (QED) is 0.779. The summed E-state index contributed by atoms with van der Waals surface area (Å²) in [5, 5.41) is 12.0. The topological polar surface area (TPSA) is 35.8 Å². The number of benzene rings is 1. The number of allylic oxidation sites excluding steroid dienone is 1. The standard InChI is InChI=1S/C14H16N2/c15-10-13-6-4-12(5-7-13)8-9-16-11-14-2-1-3-14/h4-7,11,16H,1-3,8-9H2. The van der Waals surface area contributed by atoms with Gasteiger partial charge in [-0.15, -0.1) is 0 Å². The van der Waals surface area contributed by atoms with Crippen molar-refractivity contribution >= 4 is 0 Å². The Bertz CT molecular complexity index is 403. The van der Waals surface area contributed by atoms with Gasteiger partial charge in [0.1, 0.15) is 0 Å². The molecule has 1 fully saturated rings. The van der Waals surface area contributed by atoms with Crippen LogP contribution >= 0.6 is 0 Å². The molecule has 0 unspecified atom stereocenters. The van der Waals surface area contributed by atoms with Gasteiger partial charge in [0.05, 0.1) is 11.6 Å². The lowest BCUT2D eigenvalue weighted by atomic mass is 9.94. The first-order valence-corrected chi connectivity index (χ1v) is 5.79. The Morgan fingerprint density at radius 1 is 1.25 bits per heavy atom. The van der Waals surface area contributed by atoms with Crippen LogP contribution in [0, 0.1) is 11.3 Å². The van der Waals surface area contributed by atoms with Gasteiger partial charge in [-0.2, -0.15) is 5.26 Å². The molecule has 1 N–H and O–H groups in total. The fraction of sp³-hybridized carbons (Fsp3) is 0.357. The summed E-state index contributed by atoms with van der Waals surface area (Å²) >= 11 is 0. The summed E-state index contributed by atoms with van der Waals surface area (Å²) in [4.78, 5) is 0. The molecule has 0 aliphatic heterocycles. The SMILES string of the molecule is N#Cc1ccc(CCNC=C2CCC2)cc1. The zero-order chi connectivity index (χ0) is 11.2. The number of hydrogen-bond donors (Lipinski definition) is 1. The molecule has 16 heavy (non-hydrogen) atoms. The van der Waals surface area contributed by atoms with Crippen molar-refractivity contribution in [2.75, 3.05) is 6.54 Å². The summed E-state index contributed by atoms with van der Waals surface area (Å²) in [7, 11) is 0. The first-order chi connectivity index (χ1) is 7.88. The van der Waals surface area contributed by atoms with Gasteiger partial charge in [0.2, 0.25) is 0 Å². The van der Waals surface area contributed by atoms with Crippen LogP contribution in [0.3, 0.4) is 0 Å². The highest BCUT2D eigenvalue weighted by Crippen LogP contribution is 2.23. The van der Waals surface area contributed by atoms with E-state index in [4.69, 9.17) is 5.26 Å². The molecule has 0 bridgehead atoms. The summed E-state index contributed by atoms with van der Waals surface area (Å²) in [5.41, 5.74) is 3.55.